The van der Waals surface area contributed by atoms with Crippen molar-refractivity contribution in [1.82, 2.24) is 0 Å². The topological polar surface area (TPSA) is 116 Å². The molecular weight excluding hydrogens is 248 g/mol. The third-order valence-electron chi connectivity index (χ3n) is 2.08. The highest BCUT2D eigenvalue weighted by Crippen LogP contribution is 2.01. The van der Waals surface area contributed by atoms with Gasteiger partial charge in [0.15, 0.2) is 0 Å². The number of nitrogens with two attached hydrogens (primary N) is 2. The van der Waals surface area contributed by atoms with Gasteiger partial charge in [-0.3, -0.25) is 4.79 Å². The Labute approximate surface area is 112 Å². The first-order chi connectivity index (χ1) is 8.95. The zero-order valence-electron chi connectivity index (χ0n) is 10.9. The lowest BCUT2D eigenvalue weighted by molar-refractivity contribution is -0.136. The van der Waals surface area contributed by atoms with Crippen molar-refractivity contribution in [1.29, 1.82) is 0 Å². The average Bonchev–Trinajstić information content (AvgIpc) is 2.38. The number of benzene rings is 1. The van der Waals surface area contributed by atoms with Crippen molar-refractivity contribution in [3.05, 3.63) is 35.9 Å². The molecule has 1 unspecified atom stereocenters. The van der Waals surface area contributed by atoms with Crippen LogP contribution < -0.4 is 11.5 Å². The molecule has 0 saturated carbocycles. The number of aliphatic carboxylic acids is 1. The van der Waals surface area contributed by atoms with Gasteiger partial charge in [0.05, 0.1) is 0 Å². The van der Waals surface area contributed by atoms with Crippen LogP contribution in [0.4, 0.5) is 4.79 Å². The van der Waals surface area contributed by atoms with Crippen molar-refractivity contribution in [2.24, 2.45) is 11.5 Å². The van der Waals surface area contributed by atoms with Crippen LogP contribution in [-0.4, -0.2) is 29.8 Å². The smallest absolute Gasteiger partial charge is 0.404 e. The SMILES string of the molecule is CCC(=O)O.NC(=O)OCC(N)Cc1ccccc1. The molecule has 0 fully saturated rings. The van der Waals surface area contributed by atoms with E-state index < -0.39 is 12.1 Å². The van der Waals surface area contributed by atoms with E-state index in [0.717, 1.165) is 5.56 Å². The summed E-state index contributed by atoms with van der Waals surface area (Å²) in [7, 11) is 0. The Balaban J connectivity index is 0.000000555. The summed E-state index contributed by atoms with van der Waals surface area (Å²) in [5.74, 6) is -0.745. The number of hydrogen-bond acceptors (Lipinski definition) is 4. The van der Waals surface area contributed by atoms with Crippen LogP contribution >= 0.6 is 0 Å². The Hall–Kier alpha value is -2.08. The van der Waals surface area contributed by atoms with Crippen LogP contribution in [0.3, 0.4) is 0 Å². The summed E-state index contributed by atoms with van der Waals surface area (Å²) in [5.41, 5.74) is 11.7. The number of carboxylic acid groups (broad SMARTS) is 1. The van der Waals surface area contributed by atoms with Crippen LogP contribution in [0.25, 0.3) is 0 Å². The van der Waals surface area contributed by atoms with Crippen LogP contribution in [0, 0.1) is 0 Å². The third-order valence-corrected chi connectivity index (χ3v) is 2.08. The van der Waals surface area contributed by atoms with Crippen LogP contribution in [-0.2, 0) is 16.0 Å². The summed E-state index contributed by atoms with van der Waals surface area (Å²) in [6, 6.07) is 9.57. The largest absolute Gasteiger partial charge is 0.481 e. The summed E-state index contributed by atoms with van der Waals surface area (Å²) >= 11 is 0. The second-order valence-corrected chi connectivity index (χ2v) is 3.83. The van der Waals surface area contributed by atoms with Gasteiger partial charge >= 0.3 is 12.1 Å². The second-order valence-electron chi connectivity index (χ2n) is 3.83. The monoisotopic (exact) mass is 268 g/mol. The standard InChI is InChI=1S/C10H14N2O2.C3H6O2/c11-9(7-14-10(12)13)6-8-4-2-1-3-5-8;1-2-3(4)5/h1-5,9H,6-7,11H2,(H2,12,13);2H2,1H3,(H,4,5). The molecule has 0 aliphatic rings. The number of amides is 1. The molecular formula is C13H20N2O4. The zero-order chi connectivity index (χ0) is 14.7. The Morgan fingerprint density at radius 1 is 1.32 bits per heavy atom. The molecule has 0 aliphatic carbocycles. The van der Waals surface area contributed by atoms with E-state index in [1.54, 1.807) is 6.92 Å². The van der Waals surface area contributed by atoms with Gasteiger partial charge in [0.2, 0.25) is 0 Å². The number of rotatable bonds is 5. The molecule has 1 amide bonds. The van der Waals surface area contributed by atoms with Crippen molar-refractivity contribution in [2.75, 3.05) is 6.61 Å². The molecule has 1 aromatic carbocycles. The molecule has 1 aromatic rings. The molecule has 106 valence electrons. The van der Waals surface area contributed by atoms with Crippen molar-refractivity contribution in [2.45, 2.75) is 25.8 Å². The Morgan fingerprint density at radius 2 is 1.84 bits per heavy atom. The quantitative estimate of drug-likeness (QED) is 0.740. The molecule has 6 nitrogen and oxygen atoms in total. The van der Waals surface area contributed by atoms with E-state index in [-0.39, 0.29) is 19.1 Å². The van der Waals surface area contributed by atoms with E-state index in [4.69, 9.17) is 16.6 Å². The fourth-order valence-electron chi connectivity index (χ4n) is 1.16. The molecule has 1 atom stereocenters. The Kier molecular flexibility index (Phi) is 8.82. The predicted octanol–water partition coefficient (Wildman–Crippen LogP) is 1.13. The molecule has 19 heavy (non-hydrogen) atoms. The molecule has 5 N–H and O–H groups in total. The van der Waals surface area contributed by atoms with Gasteiger partial charge in [0.25, 0.3) is 0 Å². The summed E-state index contributed by atoms with van der Waals surface area (Å²) < 4.78 is 4.59. The molecule has 0 spiro atoms. The van der Waals surface area contributed by atoms with E-state index in [1.807, 2.05) is 30.3 Å². The molecule has 0 heterocycles. The average molecular weight is 268 g/mol. The fourth-order valence-corrected chi connectivity index (χ4v) is 1.16. The molecule has 1 rings (SSSR count). The summed E-state index contributed by atoms with van der Waals surface area (Å²) in [6.07, 6.45) is 0.113. The van der Waals surface area contributed by atoms with Crippen molar-refractivity contribution in [3.8, 4) is 0 Å². The fraction of sp³-hybridized carbons (Fsp3) is 0.385. The Bertz CT molecular complexity index is 381. The number of carbonyl (C=O) groups excluding carboxylic acids is 1. The third kappa shape index (κ3) is 10.8. The molecule has 0 aliphatic heterocycles. The van der Waals surface area contributed by atoms with Crippen LogP contribution in [0.2, 0.25) is 0 Å². The van der Waals surface area contributed by atoms with Crippen LogP contribution in [0.1, 0.15) is 18.9 Å². The van der Waals surface area contributed by atoms with Gasteiger partial charge < -0.3 is 21.3 Å². The van der Waals surface area contributed by atoms with E-state index in [9.17, 15) is 9.59 Å². The highest BCUT2D eigenvalue weighted by molar-refractivity contribution is 5.66. The van der Waals surface area contributed by atoms with Crippen molar-refractivity contribution < 1.29 is 19.4 Å². The summed E-state index contributed by atoms with van der Waals surface area (Å²) in [6.45, 7) is 1.76. The molecule has 0 saturated heterocycles. The zero-order valence-corrected chi connectivity index (χ0v) is 10.9. The number of primary amides is 1. The first-order valence-electron chi connectivity index (χ1n) is 5.89. The van der Waals surface area contributed by atoms with Gasteiger partial charge in [-0.2, -0.15) is 0 Å². The first-order valence-corrected chi connectivity index (χ1v) is 5.89. The maximum absolute atomic E-state index is 10.3. The van der Waals surface area contributed by atoms with Gasteiger partial charge in [0, 0.05) is 12.5 Å². The normalized spacial score (nSPS) is 10.8. The molecule has 0 bridgehead atoms. The maximum Gasteiger partial charge on any atom is 0.404 e. The van der Waals surface area contributed by atoms with Crippen LogP contribution in [0.5, 0.6) is 0 Å². The van der Waals surface area contributed by atoms with Crippen LogP contribution in [0.15, 0.2) is 30.3 Å². The minimum atomic E-state index is -0.784. The summed E-state index contributed by atoms with van der Waals surface area (Å²) in [4.78, 5) is 19.7. The molecule has 6 heteroatoms. The van der Waals surface area contributed by atoms with Crippen molar-refractivity contribution >= 4 is 12.1 Å². The lowest BCUT2D eigenvalue weighted by Gasteiger charge is -2.10. The van der Waals surface area contributed by atoms with E-state index in [2.05, 4.69) is 4.74 Å². The van der Waals surface area contributed by atoms with E-state index >= 15 is 0 Å². The highest BCUT2D eigenvalue weighted by atomic mass is 16.5. The van der Waals surface area contributed by atoms with Gasteiger partial charge in [-0.05, 0) is 12.0 Å². The Morgan fingerprint density at radius 3 is 2.26 bits per heavy atom. The summed E-state index contributed by atoms with van der Waals surface area (Å²) in [5, 5.41) is 7.72. The first kappa shape index (κ1) is 16.9. The lowest BCUT2D eigenvalue weighted by Crippen LogP contribution is -2.31. The van der Waals surface area contributed by atoms with Gasteiger partial charge in [-0.25, -0.2) is 4.79 Å². The molecule has 0 radical (unpaired) electrons. The molecule has 0 aromatic heterocycles. The number of carboxylic acids is 1. The van der Waals surface area contributed by atoms with Gasteiger partial charge in [-0.1, -0.05) is 37.3 Å². The number of hydrogen-bond donors (Lipinski definition) is 3. The minimum absolute atomic E-state index is 0.157. The van der Waals surface area contributed by atoms with Crippen molar-refractivity contribution in [3.63, 3.8) is 0 Å². The van der Waals surface area contributed by atoms with E-state index in [1.165, 1.54) is 0 Å². The predicted molar refractivity (Wildman–Crippen MR) is 71.6 cm³/mol. The second kappa shape index (κ2) is 9.90. The highest BCUT2D eigenvalue weighted by Gasteiger charge is 2.05. The van der Waals surface area contributed by atoms with Gasteiger partial charge in [-0.15, -0.1) is 0 Å². The number of ether oxygens (including phenoxy) is 1. The van der Waals surface area contributed by atoms with E-state index in [0.29, 0.717) is 6.42 Å². The maximum atomic E-state index is 10.3. The minimum Gasteiger partial charge on any atom is -0.481 e. The lowest BCUT2D eigenvalue weighted by atomic mass is 10.1. The number of carbonyl (C=O) groups is 2. The van der Waals surface area contributed by atoms with Gasteiger partial charge in [0.1, 0.15) is 6.61 Å².